The van der Waals surface area contributed by atoms with E-state index in [1.807, 2.05) is 24.2 Å². The molecule has 1 N–H and O–H groups in total. The molecule has 1 aromatic rings. The number of hydrogen-bond donors (Lipinski definition) is 1. The molecule has 1 fully saturated rings. The standard InChI is InChI=1S/C14H22N2S/c1-4-16-13-12(5-8-14(13,2)3)17-11-6-9-15-10-7-11/h6-7,9-10,12-13,16H,4-5,8H2,1-3H3. The zero-order valence-electron chi connectivity index (χ0n) is 10.9. The molecule has 2 nitrogen and oxygen atoms in total. The van der Waals surface area contributed by atoms with Gasteiger partial charge in [-0.25, -0.2) is 0 Å². The molecule has 2 atom stereocenters. The van der Waals surface area contributed by atoms with Crippen LogP contribution in [0.2, 0.25) is 0 Å². The van der Waals surface area contributed by atoms with Crippen molar-refractivity contribution in [3.63, 3.8) is 0 Å². The number of rotatable bonds is 4. The number of aromatic nitrogens is 1. The second kappa shape index (κ2) is 5.40. The minimum Gasteiger partial charge on any atom is -0.313 e. The SMILES string of the molecule is CCNC1C(Sc2ccncc2)CCC1(C)C. The van der Waals surface area contributed by atoms with Gasteiger partial charge in [-0.2, -0.15) is 0 Å². The third kappa shape index (κ3) is 3.02. The van der Waals surface area contributed by atoms with Crippen LogP contribution < -0.4 is 5.32 Å². The Morgan fingerprint density at radius 1 is 1.41 bits per heavy atom. The summed E-state index contributed by atoms with van der Waals surface area (Å²) >= 11 is 2.00. The Balaban J connectivity index is 2.06. The average molecular weight is 250 g/mol. The van der Waals surface area contributed by atoms with E-state index in [9.17, 15) is 0 Å². The normalized spacial score (nSPS) is 27.2. The second-order valence-electron chi connectivity index (χ2n) is 5.40. The Hall–Kier alpha value is -0.540. The Morgan fingerprint density at radius 2 is 2.12 bits per heavy atom. The van der Waals surface area contributed by atoms with Gasteiger partial charge in [0.15, 0.2) is 0 Å². The highest BCUT2D eigenvalue weighted by molar-refractivity contribution is 8.00. The van der Waals surface area contributed by atoms with E-state index in [-0.39, 0.29) is 0 Å². The van der Waals surface area contributed by atoms with Gasteiger partial charge in [-0.15, -0.1) is 11.8 Å². The molecule has 0 amide bonds. The van der Waals surface area contributed by atoms with Crippen molar-refractivity contribution in [3.05, 3.63) is 24.5 Å². The van der Waals surface area contributed by atoms with Gasteiger partial charge in [0, 0.05) is 28.6 Å². The molecule has 1 aliphatic carbocycles. The quantitative estimate of drug-likeness (QED) is 0.887. The summed E-state index contributed by atoms with van der Waals surface area (Å²) in [6.45, 7) is 8.02. The smallest absolute Gasteiger partial charge is 0.0278 e. The van der Waals surface area contributed by atoms with Crippen molar-refractivity contribution in [2.75, 3.05) is 6.54 Å². The minimum atomic E-state index is 0.417. The first-order valence-electron chi connectivity index (χ1n) is 6.43. The predicted octanol–water partition coefficient (Wildman–Crippen LogP) is 3.34. The molecule has 1 heterocycles. The molecule has 2 unspecified atom stereocenters. The number of hydrogen-bond acceptors (Lipinski definition) is 3. The van der Waals surface area contributed by atoms with Crippen LogP contribution in [0.4, 0.5) is 0 Å². The molecular weight excluding hydrogens is 228 g/mol. The maximum atomic E-state index is 4.07. The van der Waals surface area contributed by atoms with E-state index in [0.29, 0.717) is 16.7 Å². The molecule has 1 saturated carbocycles. The summed E-state index contributed by atoms with van der Waals surface area (Å²) in [5.74, 6) is 0. The summed E-state index contributed by atoms with van der Waals surface area (Å²) in [6, 6.07) is 4.84. The van der Waals surface area contributed by atoms with Crippen molar-refractivity contribution in [1.29, 1.82) is 0 Å². The van der Waals surface area contributed by atoms with Crippen molar-refractivity contribution >= 4 is 11.8 Å². The van der Waals surface area contributed by atoms with Gasteiger partial charge in [0.1, 0.15) is 0 Å². The lowest BCUT2D eigenvalue weighted by molar-refractivity contribution is 0.290. The molecule has 0 spiro atoms. The van der Waals surface area contributed by atoms with Crippen molar-refractivity contribution < 1.29 is 0 Å². The summed E-state index contributed by atoms with van der Waals surface area (Å²) in [5, 5.41) is 4.36. The number of pyridine rings is 1. The van der Waals surface area contributed by atoms with Crippen LogP contribution in [0.1, 0.15) is 33.6 Å². The molecule has 2 rings (SSSR count). The highest BCUT2D eigenvalue weighted by Crippen LogP contribution is 2.44. The van der Waals surface area contributed by atoms with E-state index in [1.54, 1.807) is 0 Å². The van der Waals surface area contributed by atoms with Crippen LogP contribution in [0.15, 0.2) is 29.4 Å². The van der Waals surface area contributed by atoms with Gasteiger partial charge in [-0.3, -0.25) is 4.98 Å². The first-order valence-corrected chi connectivity index (χ1v) is 7.31. The van der Waals surface area contributed by atoms with Gasteiger partial charge in [-0.05, 0) is 36.9 Å². The van der Waals surface area contributed by atoms with E-state index in [2.05, 4.69) is 43.2 Å². The highest BCUT2D eigenvalue weighted by Gasteiger charge is 2.41. The maximum absolute atomic E-state index is 4.07. The molecule has 3 heteroatoms. The Bertz CT molecular complexity index is 350. The molecule has 0 aliphatic heterocycles. The van der Waals surface area contributed by atoms with Crippen molar-refractivity contribution in [2.45, 2.75) is 49.8 Å². The van der Waals surface area contributed by atoms with Crippen LogP contribution in [0, 0.1) is 5.41 Å². The lowest BCUT2D eigenvalue weighted by Crippen LogP contribution is -2.43. The largest absolute Gasteiger partial charge is 0.313 e. The average Bonchev–Trinajstić information content (AvgIpc) is 2.58. The Labute approximate surface area is 109 Å². The molecule has 1 aromatic heterocycles. The monoisotopic (exact) mass is 250 g/mol. The molecule has 0 saturated heterocycles. The van der Waals surface area contributed by atoms with Gasteiger partial charge in [0.05, 0.1) is 0 Å². The van der Waals surface area contributed by atoms with Crippen LogP contribution in [-0.4, -0.2) is 22.8 Å². The van der Waals surface area contributed by atoms with Crippen molar-refractivity contribution in [3.8, 4) is 0 Å². The van der Waals surface area contributed by atoms with E-state index < -0.39 is 0 Å². The van der Waals surface area contributed by atoms with Gasteiger partial charge in [-0.1, -0.05) is 20.8 Å². The Kier molecular flexibility index (Phi) is 4.10. The minimum absolute atomic E-state index is 0.417. The van der Waals surface area contributed by atoms with Gasteiger partial charge >= 0.3 is 0 Å². The summed E-state index contributed by atoms with van der Waals surface area (Å²) < 4.78 is 0. The predicted molar refractivity (Wildman–Crippen MR) is 74.4 cm³/mol. The van der Waals surface area contributed by atoms with Gasteiger partial charge in [0.2, 0.25) is 0 Å². The first-order chi connectivity index (χ1) is 8.13. The molecule has 17 heavy (non-hydrogen) atoms. The van der Waals surface area contributed by atoms with E-state index >= 15 is 0 Å². The fraction of sp³-hybridized carbons (Fsp3) is 0.643. The zero-order valence-corrected chi connectivity index (χ0v) is 11.8. The molecule has 94 valence electrons. The number of nitrogens with one attached hydrogen (secondary N) is 1. The number of thioether (sulfide) groups is 1. The van der Waals surface area contributed by atoms with Gasteiger partial charge in [0.25, 0.3) is 0 Å². The second-order valence-corrected chi connectivity index (χ2v) is 6.71. The zero-order chi connectivity index (χ0) is 12.3. The lowest BCUT2D eigenvalue weighted by atomic mass is 9.87. The first kappa shape index (κ1) is 12.9. The van der Waals surface area contributed by atoms with Crippen LogP contribution in [0.5, 0.6) is 0 Å². The highest BCUT2D eigenvalue weighted by atomic mass is 32.2. The fourth-order valence-electron chi connectivity index (χ4n) is 2.69. The van der Waals surface area contributed by atoms with E-state index in [4.69, 9.17) is 0 Å². The van der Waals surface area contributed by atoms with Crippen LogP contribution in [0.3, 0.4) is 0 Å². The molecule has 0 bridgehead atoms. The number of nitrogens with zero attached hydrogens (tertiary/aromatic N) is 1. The summed E-state index contributed by atoms with van der Waals surface area (Å²) in [7, 11) is 0. The van der Waals surface area contributed by atoms with Crippen LogP contribution >= 0.6 is 11.8 Å². The van der Waals surface area contributed by atoms with Crippen LogP contribution in [0.25, 0.3) is 0 Å². The third-order valence-corrected chi connectivity index (χ3v) is 5.00. The maximum Gasteiger partial charge on any atom is 0.0278 e. The van der Waals surface area contributed by atoms with E-state index in [0.717, 1.165) is 6.54 Å². The Morgan fingerprint density at radius 3 is 2.76 bits per heavy atom. The molecule has 0 radical (unpaired) electrons. The van der Waals surface area contributed by atoms with Crippen molar-refractivity contribution in [2.24, 2.45) is 5.41 Å². The molecule has 0 aromatic carbocycles. The fourth-order valence-corrected chi connectivity index (χ4v) is 4.15. The third-order valence-electron chi connectivity index (χ3n) is 3.65. The summed E-state index contributed by atoms with van der Waals surface area (Å²) in [5.41, 5.74) is 0.417. The van der Waals surface area contributed by atoms with E-state index in [1.165, 1.54) is 17.7 Å². The summed E-state index contributed by atoms with van der Waals surface area (Å²) in [6.07, 6.45) is 6.38. The van der Waals surface area contributed by atoms with Crippen LogP contribution in [-0.2, 0) is 0 Å². The summed E-state index contributed by atoms with van der Waals surface area (Å²) in [4.78, 5) is 5.41. The molecule has 1 aliphatic rings. The van der Waals surface area contributed by atoms with Crippen molar-refractivity contribution in [1.82, 2.24) is 10.3 Å². The lowest BCUT2D eigenvalue weighted by Gasteiger charge is -2.31. The topological polar surface area (TPSA) is 24.9 Å². The van der Waals surface area contributed by atoms with Gasteiger partial charge < -0.3 is 5.32 Å². The molecular formula is C14H22N2S.